The summed E-state index contributed by atoms with van der Waals surface area (Å²) in [5.41, 5.74) is 2.27. The Labute approximate surface area is 161 Å². The van der Waals surface area contributed by atoms with Gasteiger partial charge in [-0.05, 0) is 42.6 Å². The average molecular weight is 365 g/mol. The van der Waals surface area contributed by atoms with Gasteiger partial charge in [0.15, 0.2) is 11.5 Å². The van der Waals surface area contributed by atoms with Crippen LogP contribution in [0.2, 0.25) is 0 Å². The first-order valence-corrected chi connectivity index (χ1v) is 9.86. The minimum atomic E-state index is 0.154. The molecule has 0 spiro atoms. The fourth-order valence-electron chi connectivity index (χ4n) is 4.39. The zero-order chi connectivity index (χ0) is 18.6. The van der Waals surface area contributed by atoms with Crippen LogP contribution >= 0.6 is 0 Å². The number of benzene rings is 2. The van der Waals surface area contributed by atoms with Crippen molar-refractivity contribution in [2.45, 2.75) is 50.8 Å². The number of ether oxygens (including phenoxy) is 2. The summed E-state index contributed by atoms with van der Waals surface area (Å²) >= 11 is 0. The summed E-state index contributed by atoms with van der Waals surface area (Å²) < 4.78 is 11.6. The quantitative estimate of drug-likeness (QED) is 0.780. The van der Waals surface area contributed by atoms with E-state index in [0.29, 0.717) is 31.3 Å². The van der Waals surface area contributed by atoms with Gasteiger partial charge in [-0.2, -0.15) is 0 Å². The molecule has 2 aromatic carbocycles. The Hall–Kier alpha value is -2.33. The lowest BCUT2D eigenvalue weighted by Gasteiger charge is -2.44. The number of nitrogens with zero attached hydrogens (tertiary/aromatic N) is 1. The molecule has 4 rings (SSSR count). The second-order valence-electron chi connectivity index (χ2n) is 7.53. The number of hydrogen-bond donors (Lipinski definition) is 0. The van der Waals surface area contributed by atoms with Crippen LogP contribution in [0.4, 0.5) is 0 Å². The average Bonchev–Trinajstić information content (AvgIpc) is 2.72. The third-order valence-corrected chi connectivity index (χ3v) is 5.77. The van der Waals surface area contributed by atoms with Crippen molar-refractivity contribution >= 4 is 5.78 Å². The molecule has 2 saturated heterocycles. The lowest BCUT2D eigenvalue weighted by Crippen LogP contribution is -2.47. The number of carbonyl (C=O) groups is 1. The summed E-state index contributed by atoms with van der Waals surface area (Å²) in [4.78, 5) is 14.9. The van der Waals surface area contributed by atoms with E-state index in [1.807, 2.05) is 24.3 Å². The third-order valence-electron chi connectivity index (χ3n) is 5.77. The Morgan fingerprint density at radius 3 is 2.70 bits per heavy atom. The molecule has 2 aliphatic heterocycles. The molecule has 0 unspecified atom stereocenters. The van der Waals surface area contributed by atoms with E-state index in [9.17, 15) is 4.79 Å². The standard InChI is InChI=1S/C23H27NO3/c1-26-22-11-10-18(13-23(22)27-16-17-7-3-2-4-8-17)21-15-20(25)14-19-9-5-6-12-24(19)21/h2-4,7-8,10-11,13,19,21H,5-6,9,12,14-16H2,1H3/t19-,21-/m1/s1. The predicted molar refractivity (Wildman–Crippen MR) is 105 cm³/mol. The number of fused-ring (bicyclic) bond motifs is 1. The van der Waals surface area contributed by atoms with E-state index in [1.165, 1.54) is 12.8 Å². The van der Waals surface area contributed by atoms with Crippen molar-refractivity contribution < 1.29 is 14.3 Å². The number of piperidine rings is 2. The summed E-state index contributed by atoms with van der Waals surface area (Å²) in [6, 6.07) is 16.8. The topological polar surface area (TPSA) is 38.8 Å². The summed E-state index contributed by atoms with van der Waals surface area (Å²) in [7, 11) is 1.66. The predicted octanol–water partition coefficient (Wildman–Crippen LogP) is 4.53. The first-order chi connectivity index (χ1) is 13.2. The van der Waals surface area contributed by atoms with E-state index in [1.54, 1.807) is 7.11 Å². The van der Waals surface area contributed by atoms with Crippen molar-refractivity contribution in [3.05, 3.63) is 59.7 Å². The molecule has 2 aromatic rings. The molecule has 2 aliphatic rings. The van der Waals surface area contributed by atoms with Crippen molar-refractivity contribution in [2.24, 2.45) is 0 Å². The summed E-state index contributed by atoms with van der Waals surface area (Å²) in [6.07, 6.45) is 4.89. The van der Waals surface area contributed by atoms with Gasteiger partial charge in [0.1, 0.15) is 12.4 Å². The first-order valence-electron chi connectivity index (χ1n) is 9.86. The molecule has 2 fully saturated rings. The Kier molecular flexibility index (Phi) is 5.44. The highest BCUT2D eigenvalue weighted by molar-refractivity contribution is 5.80. The van der Waals surface area contributed by atoms with Gasteiger partial charge in [-0.25, -0.2) is 0 Å². The van der Waals surface area contributed by atoms with Gasteiger partial charge in [-0.15, -0.1) is 0 Å². The molecule has 0 aliphatic carbocycles. The fraction of sp³-hybridized carbons (Fsp3) is 0.435. The van der Waals surface area contributed by atoms with Crippen molar-refractivity contribution in [1.82, 2.24) is 4.90 Å². The van der Waals surface area contributed by atoms with Gasteiger partial charge >= 0.3 is 0 Å². The lowest BCUT2D eigenvalue weighted by molar-refractivity contribution is -0.126. The number of Topliss-reactive ketones (excluding diaryl/α,β-unsaturated/α-hetero) is 1. The van der Waals surface area contributed by atoms with Crippen LogP contribution in [0.25, 0.3) is 0 Å². The largest absolute Gasteiger partial charge is 0.493 e. The van der Waals surface area contributed by atoms with Crippen molar-refractivity contribution in [3.8, 4) is 11.5 Å². The molecule has 0 aromatic heterocycles. The van der Waals surface area contributed by atoms with Crippen LogP contribution < -0.4 is 9.47 Å². The van der Waals surface area contributed by atoms with Crippen LogP contribution in [0.3, 0.4) is 0 Å². The second-order valence-corrected chi connectivity index (χ2v) is 7.53. The van der Waals surface area contributed by atoms with Crippen molar-refractivity contribution in [1.29, 1.82) is 0 Å². The Morgan fingerprint density at radius 1 is 1.04 bits per heavy atom. The van der Waals surface area contributed by atoms with E-state index in [-0.39, 0.29) is 6.04 Å². The number of methoxy groups -OCH3 is 1. The number of ketones is 1. The molecule has 0 bridgehead atoms. The van der Waals surface area contributed by atoms with Gasteiger partial charge in [0.05, 0.1) is 7.11 Å². The van der Waals surface area contributed by atoms with Crippen molar-refractivity contribution in [2.75, 3.05) is 13.7 Å². The van der Waals surface area contributed by atoms with Gasteiger partial charge in [0, 0.05) is 24.9 Å². The van der Waals surface area contributed by atoms with Crippen LogP contribution in [0.5, 0.6) is 11.5 Å². The van der Waals surface area contributed by atoms with Crippen LogP contribution in [0.1, 0.15) is 49.3 Å². The second kappa shape index (κ2) is 8.13. The van der Waals surface area contributed by atoms with Crippen LogP contribution in [0, 0.1) is 0 Å². The molecular weight excluding hydrogens is 338 g/mol. The van der Waals surface area contributed by atoms with Crippen molar-refractivity contribution in [3.63, 3.8) is 0 Å². The van der Waals surface area contributed by atoms with Gasteiger partial charge in [0.2, 0.25) is 0 Å². The molecule has 0 N–H and O–H groups in total. The molecule has 142 valence electrons. The summed E-state index contributed by atoms with van der Waals surface area (Å²) in [5.74, 6) is 1.85. The fourth-order valence-corrected chi connectivity index (χ4v) is 4.39. The van der Waals surface area contributed by atoms with E-state index in [2.05, 4.69) is 29.2 Å². The highest BCUT2D eigenvalue weighted by Gasteiger charge is 2.37. The maximum atomic E-state index is 12.3. The molecule has 2 heterocycles. The SMILES string of the molecule is COc1ccc([C@H]2CC(=O)C[C@H]3CCCCN32)cc1OCc1ccccc1. The molecule has 0 radical (unpaired) electrons. The zero-order valence-corrected chi connectivity index (χ0v) is 15.9. The third kappa shape index (κ3) is 4.01. The Balaban J connectivity index is 1.58. The monoisotopic (exact) mass is 365 g/mol. The molecule has 0 amide bonds. The number of rotatable bonds is 5. The normalized spacial score (nSPS) is 22.9. The van der Waals surface area contributed by atoms with Gasteiger partial charge < -0.3 is 9.47 Å². The first kappa shape index (κ1) is 18.1. The maximum Gasteiger partial charge on any atom is 0.161 e. The van der Waals surface area contributed by atoms with Gasteiger partial charge in [0.25, 0.3) is 0 Å². The van der Waals surface area contributed by atoms with Gasteiger partial charge in [-0.3, -0.25) is 9.69 Å². The van der Waals surface area contributed by atoms with E-state index in [0.717, 1.165) is 35.6 Å². The molecular formula is C23H27NO3. The van der Waals surface area contributed by atoms with E-state index in [4.69, 9.17) is 9.47 Å². The number of hydrogen-bond acceptors (Lipinski definition) is 4. The van der Waals surface area contributed by atoms with E-state index >= 15 is 0 Å². The molecule has 4 heteroatoms. The molecule has 27 heavy (non-hydrogen) atoms. The zero-order valence-electron chi connectivity index (χ0n) is 15.9. The van der Waals surface area contributed by atoms with Gasteiger partial charge in [-0.1, -0.05) is 42.8 Å². The highest BCUT2D eigenvalue weighted by atomic mass is 16.5. The molecule has 4 nitrogen and oxygen atoms in total. The Morgan fingerprint density at radius 2 is 1.89 bits per heavy atom. The van der Waals surface area contributed by atoms with Crippen LogP contribution in [0.15, 0.2) is 48.5 Å². The lowest BCUT2D eigenvalue weighted by atomic mass is 9.85. The smallest absolute Gasteiger partial charge is 0.161 e. The Bertz CT molecular complexity index is 789. The van der Waals surface area contributed by atoms with Crippen LogP contribution in [-0.4, -0.2) is 30.4 Å². The minimum Gasteiger partial charge on any atom is -0.493 e. The van der Waals surface area contributed by atoms with Crippen LogP contribution in [-0.2, 0) is 11.4 Å². The minimum absolute atomic E-state index is 0.154. The number of carbonyl (C=O) groups excluding carboxylic acids is 1. The molecule has 0 saturated carbocycles. The molecule has 2 atom stereocenters. The summed E-state index contributed by atoms with van der Waals surface area (Å²) in [6.45, 7) is 1.57. The maximum absolute atomic E-state index is 12.3. The highest BCUT2D eigenvalue weighted by Crippen LogP contribution is 2.40. The summed E-state index contributed by atoms with van der Waals surface area (Å²) in [5, 5.41) is 0. The van der Waals surface area contributed by atoms with E-state index < -0.39 is 0 Å².